The Kier molecular flexibility index (Phi) is 7.43. The Morgan fingerprint density at radius 2 is 2.00 bits per heavy atom. The van der Waals surface area contributed by atoms with Crippen LogP contribution in [0.25, 0.3) is 10.9 Å². The number of benzene rings is 2. The Bertz CT molecular complexity index is 1430. The first-order chi connectivity index (χ1) is 17.9. The van der Waals surface area contributed by atoms with Gasteiger partial charge in [0.1, 0.15) is 5.82 Å². The van der Waals surface area contributed by atoms with E-state index in [1.165, 1.54) is 12.1 Å². The van der Waals surface area contributed by atoms with Crippen molar-refractivity contribution in [2.24, 2.45) is 0 Å². The number of aryl methyl sites for hydroxylation is 2. The summed E-state index contributed by atoms with van der Waals surface area (Å²) in [5, 5.41) is 13.7. The van der Waals surface area contributed by atoms with Crippen LogP contribution in [0.3, 0.4) is 0 Å². The third-order valence-electron chi connectivity index (χ3n) is 7.15. The minimum Gasteiger partial charge on any atom is -0.376 e. The van der Waals surface area contributed by atoms with E-state index in [1.807, 2.05) is 23.7 Å². The summed E-state index contributed by atoms with van der Waals surface area (Å²) >= 11 is 0. The number of H-pyrrole nitrogens is 1. The first-order valence-electron chi connectivity index (χ1n) is 12.9. The van der Waals surface area contributed by atoms with Crippen LogP contribution < -0.4 is 5.56 Å². The first-order valence-corrected chi connectivity index (χ1v) is 12.9. The number of fused-ring (bicyclic) bond motifs is 1. The molecule has 194 valence electrons. The average Bonchev–Trinajstić information content (AvgIpc) is 3.55. The van der Waals surface area contributed by atoms with E-state index in [-0.39, 0.29) is 23.5 Å². The number of hydrogen-bond acceptors (Lipinski definition) is 6. The molecule has 4 aromatic rings. The van der Waals surface area contributed by atoms with Crippen LogP contribution in [-0.4, -0.2) is 42.8 Å². The number of tetrazole rings is 1. The summed E-state index contributed by atoms with van der Waals surface area (Å²) < 4.78 is 21.3. The maximum Gasteiger partial charge on any atom is 0.252 e. The molecular formula is C28H33FN6O2. The summed E-state index contributed by atoms with van der Waals surface area (Å²) in [7, 11) is 0. The summed E-state index contributed by atoms with van der Waals surface area (Å²) in [6.07, 6.45) is 2.86. The number of hydrogen-bond donors (Lipinski definition) is 1. The van der Waals surface area contributed by atoms with Crippen LogP contribution in [0.2, 0.25) is 0 Å². The Hall–Kier alpha value is -3.43. The van der Waals surface area contributed by atoms with Crippen molar-refractivity contribution in [2.75, 3.05) is 6.61 Å². The smallest absolute Gasteiger partial charge is 0.252 e. The SMILES string of the molecule is CC[C@@H](c1nnnn1C[C@H]1CCCO1)N(Cc1ccc(F)cc1)Cc1cc2c(C)cc(C)cc2[nH]c1=O. The fourth-order valence-corrected chi connectivity index (χ4v) is 5.32. The van der Waals surface area contributed by atoms with Gasteiger partial charge in [-0.15, -0.1) is 5.10 Å². The van der Waals surface area contributed by atoms with Gasteiger partial charge >= 0.3 is 0 Å². The molecule has 0 spiro atoms. The molecule has 1 aliphatic rings. The molecule has 0 saturated carbocycles. The molecule has 1 fully saturated rings. The monoisotopic (exact) mass is 504 g/mol. The van der Waals surface area contributed by atoms with E-state index in [9.17, 15) is 9.18 Å². The third kappa shape index (κ3) is 5.62. The predicted octanol–water partition coefficient (Wildman–Crippen LogP) is 4.60. The number of ether oxygens (including phenoxy) is 1. The zero-order chi connectivity index (χ0) is 25.9. The van der Waals surface area contributed by atoms with Crippen LogP contribution in [0.1, 0.15) is 60.3 Å². The predicted molar refractivity (Wildman–Crippen MR) is 140 cm³/mol. The Morgan fingerprint density at radius 3 is 2.73 bits per heavy atom. The van der Waals surface area contributed by atoms with Gasteiger partial charge < -0.3 is 9.72 Å². The molecule has 37 heavy (non-hydrogen) atoms. The van der Waals surface area contributed by atoms with Crippen molar-refractivity contribution < 1.29 is 9.13 Å². The first kappa shape index (κ1) is 25.2. The fourth-order valence-electron chi connectivity index (χ4n) is 5.32. The van der Waals surface area contributed by atoms with Gasteiger partial charge in [0.15, 0.2) is 5.82 Å². The Morgan fingerprint density at radius 1 is 1.19 bits per heavy atom. The normalized spacial score (nSPS) is 16.6. The van der Waals surface area contributed by atoms with E-state index < -0.39 is 0 Å². The van der Waals surface area contributed by atoms with Crippen molar-refractivity contribution in [1.29, 1.82) is 0 Å². The van der Waals surface area contributed by atoms with E-state index in [1.54, 1.807) is 12.1 Å². The molecule has 1 saturated heterocycles. The maximum absolute atomic E-state index is 13.6. The zero-order valence-electron chi connectivity index (χ0n) is 21.6. The molecule has 0 bridgehead atoms. The van der Waals surface area contributed by atoms with Gasteiger partial charge in [-0.2, -0.15) is 0 Å². The molecule has 1 N–H and O–H groups in total. The van der Waals surface area contributed by atoms with E-state index in [4.69, 9.17) is 4.74 Å². The molecule has 9 heteroatoms. The molecule has 0 amide bonds. The number of pyridine rings is 1. The van der Waals surface area contributed by atoms with Crippen LogP contribution >= 0.6 is 0 Å². The number of rotatable bonds is 9. The highest BCUT2D eigenvalue weighted by Gasteiger charge is 2.28. The lowest BCUT2D eigenvalue weighted by atomic mass is 10.0. The van der Waals surface area contributed by atoms with E-state index in [0.29, 0.717) is 25.2 Å². The number of aromatic nitrogens is 5. The molecule has 0 radical (unpaired) electrons. The molecule has 2 aromatic carbocycles. The highest BCUT2D eigenvalue weighted by molar-refractivity contribution is 5.83. The van der Waals surface area contributed by atoms with Crippen LogP contribution in [0.4, 0.5) is 4.39 Å². The molecule has 2 atom stereocenters. The third-order valence-corrected chi connectivity index (χ3v) is 7.15. The molecule has 3 heterocycles. The number of nitrogens with zero attached hydrogens (tertiary/aromatic N) is 5. The minimum absolute atomic E-state index is 0.0973. The van der Waals surface area contributed by atoms with Crippen molar-refractivity contribution in [3.63, 3.8) is 0 Å². The van der Waals surface area contributed by atoms with Crippen LogP contribution in [0, 0.1) is 19.7 Å². The topological polar surface area (TPSA) is 88.9 Å². The van der Waals surface area contributed by atoms with Crippen molar-refractivity contribution in [3.8, 4) is 0 Å². The lowest BCUT2D eigenvalue weighted by Crippen LogP contribution is -2.33. The summed E-state index contributed by atoms with van der Waals surface area (Å²) in [6, 6.07) is 12.4. The highest BCUT2D eigenvalue weighted by atomic mass is 19.1. The van der Waals surface area contributed by atoms with Crippen molar-refractivity contribution >= 4 is 10.9 Å². The number of nitrogens with one attached hydrogen (secondary N) is 1. The van der Waals surface area contributed by atoms with E-state index in [2.05, 4.69) is 45.3 Å². The number of aromatic amines is 1. The van der Waals surface area contributed by atoms with Crippen LogP contribution in [0.15, 0.2) is 47.3 Å². The van der Waals surface area contributed by atoms with Crippen molar-refractivity contribution in [3.05, 3.63) is 86.7 Å². The molecule has 2 aromatic heterocycles. The van der Waals surface area contributed by atoms with Gasteiger partial charge in [-0.3, -0.25) is 9.69 Å². The Balaban J connectivity index is 1.51. The fraction of sp³-hybridized carbons (Fsp3) is 0.429. The van der Waals surface area contributed by atoms with Gasteiger partial charge in [0.05, 0.1) is 18.7 Å². The largest absolute Gasteiger partial charge is 0.376 e. The second-order valence-electron chi connectivity index (χ2n) is 9.98. The van der Waals surface area contributed by atoms with Gasteiger partial charge in [0.25, 0.3) is 5.56 Å². The molecular weight excluding hydrogens is 471 g/mol. The maximum atomic E-state index is 13.6. The molecule has 5 rings (SSSR count). The highest BCUT2D eigenvalue weighted by Crippen LogP contribution is 2.28. The van der Waals surface area contributed by atoms with Gasteiger partial charge in [-0.05, 0) is 84.5 Å². The van der Waals surface area contributed by atoms with Crippen molar-refractivity contribution in [2.45, 2.75) is 71.8 Å². The van der Waals surface area contributed by atoms with Gasteiger partial charge in [0, 0.05) is 36.2 Å². The second-order valence-corrected chi connectivity index (χ2v) is 9.98. The lowest BCUT2D eigenvalue weighted by Gasteiger charge is -2.30. The van der Waals surface area contributed by atoms with Gasteiger partial charge in [-0.1, -0.05) is 25.1 Å². The van der Waals surface area contributed by atoms with Crippen LogP contribution in [-0.2, 0) is 24.4 Å². The average molecular weight is 505 g/mol. The molecule has 8 nitrogen and oxygen atoms in total. The zero-order valence-corrected chi connectivity index (χ0v) is 21.6. The summed E-state index contributed by atoms with van der Waals surface area (Å²) in [5.74, 6) is 0.462. The van der Waals surface area contributed by atoms with Crippen LogP contribution in [0.5, 0.6) is 0 Å². The summed E-state index contributed by atoms with van der Waals surface area (Å²) in [4.78, 5) is 18.5. The number of halogens is 1. The lowest BCUT2D eigenvalue weighted by molar-refractivity contribution is 0.0888. The molecule has 0 unspecified atom stereocenters. The quantitative estimate of drug-likeness (QED) is 0.358. The Labute approximate surface area is 215 Å². The van der Waals surface area contributed by atoms with E-state index >= 15 is 0 Å². The summed E-state index contributed by atoms with van der Waals surface area (Å²) in [6.45, 7) is 8.43. The molecule has 1 aliphatic heterocycles. The van der Waals surface area contributed by atoms with E-state index in [0.717, 1.165) is 59.3 Å². The molecule has 0 aliphatic carbocycles. The van der Waals surface area contributed by atoms with Crippen molar-refractivity contribution in [1.82, 2.24) is 30.1 Å². The van der Waals surface area contributed by atoms with Gasteiger partial charge in [-0.25, -0.2) is 9.07 Å². The van der Waals surface area contributed by atoms with Gasteiger partial charge in [0.2, 0.25) is 0 Å². The standard InChI is InChI=1S/C28H33FN6O2/c1-4-26(27-31-32-33-35(27)17-23-6-5-11-37-23)34(15-20-7-9-22(29)10-8-20)16-21-14-24-19(3)12-18(2)13-25(24)30-28(21)36/h7-10,12-14,23,26H,4-6,11,15-17H2,1-3H3,(H,30,36)/t23-,26+/m1/s1. The second kappa shape index (κ2) is 10.9. The minimum atomic E-state index is -0.278. The summed E-state index contributed by atoms with van der Waals surface area (Å²) in [5.41, 5.74) is 4.56.